The highest BCUT2D eigenvalue weighted by Gasteiger charge is 2.53. The van der Waals surface area contributed by atoms with Crippen LogP contribution in [0.4, 0.5) is 17.1 Å². The van der Waals surface area contributed by atoms with E-state index < -0.39 is 17.4 Å². The number of para-hydroxylation sites is 1. The Morgan fingerprint density at radius 1 is 0.956 bits per heavy atom. The van der Waals surface area contributed by atoms with Crippen LogP contribution in [-0.2, 0) is 28.2 Å². The molecule has 0 saturated heterocycles. The fourth-order valence-corrected chi connectivity index (χ4v) is 6.25. The Kier molecular flexibility index (Phi) is 8.34. The summed E-state index contributed by atoms with van der Waals surface area (Å²) in [7, 11) is 0. The number of hydrogen-bond acceptors (Lipinski definition) is 5. The maximum Gasteiger partial charge on any atom is 0.268 e. The number of rotatable bonds is 8. The van der Waals surface area contributed by atoms with Crippen molar-refractivity contribution in [3.8, 4) is 0 Å². The van der Waals surface area contributed by atoms with Crippen LogP contribution in [0.2, 0.25) is 0 Å². The fourth-order valence-electron chi connectivity index (χ4n) is 6.25. The SMILES string of the molecule is C[C@H](/C=C/CC(=O)N1Cc2ccccc2C[C@H]1CO)[C@@]1(O)C(=O)N(c2ccccc2)c2ccc(NC(=O)c3ccccc3)cc21. The number of carbonyl (C=O) groups is 3. The van der Waals surface area contributed by atoms with Gasteiger partial charge in [-0.1, -0.05) is 79.7 Å². The van der Waals surface area contributed by atoms with Crippen LogP contribution in [-0.4, -0.2) is 45.5 Å². The summed E-state index contributed by atoms with van der Waals surface area (Å²) in [5.41, 5.74) is 2.63. The first-order valence-electron chi connectivity index (χ1n) is 15.1. The van der Waals surface area contributed by atoms with Crippen LogP contribution in [0.15, 0.2) is 115 Å². The van der Waals surface area contributed by atoms with Crippen molar-refractivity contribution in [1.29, 1.82) is 0 Å². The predicted octanol–water partition coefficient (Wildman–Crippen LogP) is 5.33. The fraction of sp³-hybridized carbons (Fsp3) is 0.216. The Labute approximate surface area is 262 Å². The second-order valence-electron chi connectivity index (χ2n) is 11.5. The molecule has 4 aromatic carbocycles. The molecule has 4 aromatic rings. The second-order valence-corrected chi connectivity index (χ2v) is 11.5. The summed E-state index contributed by atoms with van der Waals surface area (Å²) in [5, 5.41) is 25.1. The van der Waals surface area contributed by atoms with Gasteiger partial charge in [-0.2, -0.15) is 0 Å². The summed E-state index contributed by atoms with van der Waals surface area (Å²) < 4.78 is 0. The molecule has 0 aromatic heterocycles. The number of nitrogens with zero attached hydrogens (tertiary/aromatic N) is 2. The van der Waals surface area contributed by atoms with Crippen molar-refractivity contribution >= 4 is 34.8 Å². The molecule has 3 amide bonds. The van der Waals surface area contributed by atoms with Gasteiger partial charge in [0.05, 0.1) is 18.3 Å². The molecular weight excluding hydrogens is 566 g/mol. The molecule has 2 heterocycles. The van der Waals surface area contributed by atoms with E-state index in [1.165, 1.54) is 4.90 Å². The molecule has 0 saturated carbocycles. The number of hydrogen-bond donors (Lipinski definition) is 3. The standard InChI is InChI=1S/C37H35N3O5/c1-25(11-10-18-34(42)39-23-28-15-9-8-14-27(28)21-31(39)24-41)37(45)32-22-29(38-35(43)26-12-4-2-5-13-26)19-20-33(32)40(36(37)44)30-16-6-3-7-17-30/h2-17,19-20,22,25,31,41,45H,18,21,23-24H2,1H3,(H,38,43)/b11-10+/t25-,31+,37+/m1/s1. The third-order valence-electron chi connectivity index (χ3n) is 8.75. The maximum atomic E-state index is 14.1. The van der Waals surface area contributed by atoms with E-state index in [4.69, 9.17) is 0 Å². The first-order valence-corrected chi connectivity index (χ1v) is 15.1. The number of fused-ring (bicyclic) bond motifs is 2. The Morgan fingerprint density at radius 3 is 2.33 bits per heavy atom. The molecule has 3 N–H and O–H groups in total. The number of anilines is 3. The third kappa shape index (κ3) is 5.66. The van der Waals surface area contributed by atoms with Crippen molar-refractivity contribution in [3.05, 3.63) is 138 Å². The van der Waals surface area contributed by atoms with Crippen LogP contribution < -0.4 is 10.2 Å². The molecule has 0 spiro atoms. The van der Waals surface area contributed by atoms with E-state index >= 15 is 0 Å². The van der Waals surface area contributed by atoms with E-state index in [-0.39, 0.29) is 30.9 Å². The lowest BCUT2D eigenvalue weighted by atomic mass is 9.82. The highest BCUT2D eigenvalue weighted by atomic mass is 16.3. The van der Waals surface area contributed by atoms with Gasteiger partial charge >= 0.3 is 0 Å². The minimum Gasteiger partial charge on any atom is -0.394 e. The molecule has 0 aliphatic carbocycles. The number of nitrogens with one attached hydrogen (secondary N) is 1. The monoisotopic (exact) mass is 601 g/mol. The Hall–Kier alpha value is -5.05. The van der Waals surface area contributed by atoms with Crippen LogP contribution >= 0.6 is 0 Å². The van der Waals surface area contributed by atoms with Gasteiger partial charge in [-0.05, 0) is 60.0 Å². The van der Waals surface area contributed by atoms with Crippen molar-refractivity contribution in [2.45, 2.75) is 38.0 Å². The zero-order valence-electron chi connectivity index (χ0n) is 25.0. The quantitative estimate of drug-likeness (QED) is 0.237. The van der Waals surface area contributed by atoms with Gasteiger partial charge in [-0.3, -0.25) is 19.3 Å². The van der Waals surface area contributed by atoms with Gasteiger partial charge in [0.25, 0.3) is 11.8 Å². The number of amides is 3. The number of aliphatic hydroxyl groups is 2. The number of carbonyl (C=O) groups excluding carboxylic acids is 3. The largest absolute Gasteiger partial charge is 0.394 e. The molecule has 0 radical (unpaired) electrons. The van der Waals surface area contributed by atoms with E-state index in [9.17, 15) is 24.6 Å². The van der Waals surface area contributed by atoms with E-state index in [1.807, 2.05) is 48.5 Å². The average Bonchev–Trinajstić information content (AvgIpc) is 3.30. The smallest absolute Gasteiger partial charge is 0.268 e. The molecular formula is C37H35N3O5. The molecule has 45 heavy (non-hydrogen) atoms. The van der Waals surface area contributed by atoms with Crippen LogP contribution in [0.5, 0.6) is 0 Å². The molecule has 8 nitrogen and oxygen atoms in total. The predicted molar refractivity (Wildman–Crippen MR) is 173 cm³/mol. The summed E-state index contributed by atoms with van der Waals surface area (Å²) in [6.07, 6.45) is 4.01. The lowest BCUT2D eigenvalue weighted by molar-refractivity contribution is -0.138. The van der Waals surface area contributed by atoms with Crippen LogP contribution in [0.1, 0.15) is 40.4 Å². The molecule has 228 valence electrons. The third-order valence-corrected chi connectivity index (χ3v) is 8.75. The van der Waals surface area contributed by atoms with Crippen molar-refractivity contribution in [3.63, 3.8) is 0 Å². The summed E-state index contributed by atoms with van der Waals surface area (Å²) in [4.78, 5) is 43.5. The lowest BCUT2D eigenvalue weighted by Gasteiger charge is -2.36. The highest BCUT2D eigenvalue weighted by Crippen LogP contribution is 2.49. The zero-order chi connectivity index (χ0) is 31.6. The first kappa shape index (κ1) is 30.0. The zero-order valence-corrected chi connectivity index (χ0v) is 25.0. The van der Waals surface area contributed by atoms with Crippen molar-refractivity contribution in [2.24, 2.45) is 5.92 Å². The molecule has 2 aliphatic rings. The van der Waals surface area contributed by atoms with Crippen molar-refractivity contribution < 1.29 is 24.6 Å². The van der Waals surface area contributed by atoms with E-state index in [0.717, 1.165) is 11.1 Å². The molecule has 8 heteroatoms. The van der Waals surface area contributed by atoms with Gasteiger partial charge in [0.2, 0.25) is 5.91 Å². The van der Waals surface area contributed by atoms with Crippen molar-refractivity contribution in [1.82, 2.24) is 4.90 Å². The van der Waals surface area contributed by atoms with Crippen molar-refractivity contribution in [2.75, 3.05) is 16.8 Å². The van der Waals surface area contributed by atoms with Crippen LogP contribution in [0.25, 0.3) is 0 Å². The Morgan fingerprint density at radius 2 is 1.62 bits per heavy atom. The summed E-state index contributed by atoms with van der Waals surface area (Å²) >= 11 is 0. The minimum absolute atomic E-state index is 0.0513. The van der Waals surface area contributed by atoms with Gasteiger partial charge in [-0.25, -0.2) is 0 Å². The van der Waals surface area contributed by atoms with Gasteiger partial charge in [0.1, 0.15) is 0 Å². The van der Waals surface area contributed by atoms with Gasteiger partial charge in [0.15, 0.2) is 5.60 Å². The minimum atomic E-state index is -1.96. The molecule has 6 rings (SSSR count). The van der Waals surface area contributed by atoms with Crippen LogP contribution in [0.3, 0.4) is 0 Å². The Bertz CT molecular complexity index is 1760. The topological polar surface area (TPSA) is 110 Å². The summed E-state index contributed by atoms with van der Waals surface area (Å²) in [6.45, 7) is 2.02. The molecule has 0 unspecified atom stereocenters. The number of aliphatic hydroxyl groups excluding tert-OH is 1. The van der Waals surface area contributed by atoms with Gasteiger partial charge in [-0.15, -0.1) is 0 Å². The van der Waals surface area contributed by atoms with Gasteiger partial charge < -0.3 is 20.4 Å². The van der Waals surface area contributed by atoms with Gasteiger partial charge in [0, 0.05) is 41.4 Å². The van der Waals surface area contributed by atoms with E-state index in [2.05, 4.69) is 5.32 Å². The summed E-state index contributed by atoms with van der Waals surface area (Å²) in [6, 6.07) is 30.6. The highest BCUT2D eigenvalue weighted by molar-refractivity contribution is 6.13. The normalized spacial score (nSPS) is 19.7. The Balaban J connectivity index is 1.26. The van der Waals surface area contributed by atoms with E-state index in [1.54, 1.807) is 78.6 Å². The number of benzene rings is 4. The maximum absolute atomic E-state index is 14.1. The first-order chi connectivity index (χ1) is 21.8. The molecule has 0 fully saturated rings. The molecule has 2 aliphatic heterocycles. The van der Waals surface area contributed by atoms with Crippen LogP contribution in [0, 0.1) is 5.92 Å². The summed E-state index contributed by atoms with van der Waals surface area (Å²) in [5.74, 6) is -1.70. The second kappa shape index (κ2) is 12.5. The van der Waals surface area contributed by atoms with E-state index in [0.29, 0.717) is 41.2 Å². The molecule has 3 atom stereocenters. The lowest BCUT2D eigenvalue weighted by Crippen LogP contribution is -2.46. The average molecular weight is 602 g/mol. The molecule has 0 bridgehead atoms.